The topological polar surface area (TPSA) is 36.4 Å². The van der Waals surface area contributed by atoms with Crippen LogP contribution in [0, 0.1) is 0 Å². The number of halogens is 3. The minimum absolute atomic E-state index is 0.195. The average Bonchev–Trinajstić information content (AvgIpc) is 3.47. The summed E-state index contributed by atoms with van der Waals surface area (Å²) in [7, 11) is 0. The summed E-state index contributed by atoms with van der Waals surface area (Å²) in [5.74, 6) is -0.195. The van der Waals surface area contributed by atoms with E-state index in [0.29, 0.717) is 38.9 Å². The van der Waals surface area contributed by atoms with Crippen molar-refractivity contribution in [3.8, 4) is 0 Å². The van der Waals surface area contributed by atoms with E-state index in [1.54, 1.807) is 58.7 Å². The van der Waals surface area contributed by atoms with E-state index in [-0.39, 0.29) is 5.91 Å². The zero-order valence-electron chi connectivity index (χ0n) is 16.3. The van der Waals surface area contributed by atoms with Crippen molar-refractivity contribution in [3.05, 3.63) is 74.2 Å². The van der Waals surface area contributed by atoms with Gasteiger partial charge in [0.1, 0.15) is 0 Å². The lowest BCUT2D eigenvalue weighted by molar-refractivity contribution is 0.0985. The van der Waals surface area contributed by atoms with Gasteiger partial charge in [0.15, 0.2) is 5.13 Å². The first-order valence-electron chi connectivity index (χ1n) is 9.70. The molecule has 0 atom stereocenters. The molecular formula is C22H20Cl3N3OS. The van der Waals surface area contributed by atoms with Crippen molar-refractivity contribution >= 4 is 62.9 Å². The molecule has 1 aliphatic carbocycles. The number of hydrogen-bond donors (Lipinski definition) is 0. The highest BCUT2D eigenvalue weighted by Crippen LogP contribution is 2.36. The summed E-state index contributed by atoms with van der Waals surface area (Å²) in [5, 5.41) is 4.30. The molecule has 156 valence electrons. The fourth-order valence-corrected chi connectivity index (χ4v) is 4.79. The van der Waals surface area contributed by atoms with Gasteiger partial charge in [0.05, 0.1) is 28.0 Å². The van der Waals surface area contributed by atoms with Gasteiger partial charge in [-0.25, -0.2) is 4.98 Å². The molecule has 2 aromatic carbocycles. The van der Waals surface area contributed by atoms with Crippen LogP contribution in [0.3, 0.4) is 0 Å². The minimum atomic E-state index is -0.195. The molecule has 0 aliphatic heterocycles. The van der Waals surface area contributed by atoms with Crippen molar-refractivity contribution in [2.24, 2.45) is 0 Å². The van der Waals surface area contributed by atoms with Crippen LogP contribution < -0.4 is 9.80 Å². The molecule has 0 unspecified atom stereocenters. The molecule has 0 N–H and O–H groups in total. The molecule has 1 heterocycles. The van der Waals surface area contributed by atoms with E-state index in [2.05, 4.69) is 11.8 Å². The van der Waals surface area contributed by atoms with E-state index < -0.39 is 0 Å². The molecule has 1 amide bonds. The van der Waals surface area contributed by atoms with Gasteiger partial charge in [-0.05, 0) is 56.2 Å². The largest absolute Gasteiger partial charge is 0.345 e. The normalized spacial score (nSPS) is 13.3. The Labute approximate surface area is 195 Å². The maximum Gasteiger partial charge on any atom is 0.258 e. The predicted octanol–water partition coefficient (Wildman–Crippen LogP) is 6.94. The monoisotopic (exact) mass is 479 g/mol. The number of rotatable bonds is 7. The third-order valence-electron chi connectivity index (χ3n) is 4.99. The third kappa shape index (κ3) is 4.59. The van der Waals surface area contributed by atoms with Crippen LogP contribution in [-0.4, -0.2) is 23.5 Å². The van der Waals surface area contributed by atoms with Crippen LogP contribution in [0.4, 0.5) is 10.8 Å². The van der Waals surface area contributed by atoms with Crippen LogP contribution in [-0.2, 0) is 6.54 Å². The van der Waals surface area contributed by atoms with Crippen molar-refractivity contribution in [1.82, 2.24) is 4.98 Å². The number of carbonyl (C=O) groups is 1. The number of anilines is 2. The van der Waals surface area contributed by atoms with Crippen LogP contribution in [0.1, 0.15) is 35.8 Å². The van der Waals surface area contributed by atoms with Crippen LogP contribution in [0.5, 0.6) is 0 Å². The van der Waals surface area contributed by atoms with Crippen molar-refractivity contribution in [1.29, 1.82) is 0 Å². The number of carbonyl (C=O) groups excluding carboxylic acids is 1. The molecular weight excluding hydrogens is 461 g/mol. The second-order valence-electron chi connectivity index (χ2n) is 7.11. The van der Waals surface area contributed by atoms with Gasteiger partial charge in [0, 0.05) is 28.6 Å². The van der Waals surface area contributed by atoms with Gasteiger partial charge >= 0.3 is 0 Å². The molecule has 8 heteroatoms. The Morgan fingerprint density at radius 1 is 1.13 bits per heavy atom. The van der Waals surface area contributed by atoms with Crippen LogP contribution >= 0.6 is 46.1 Å². The molecule has 0 spiro atoms. The van der Waals surface area contributed by atoms with Gasteiger partial charge in [-0.3, -0.25) is 4.79 Å². The lowest BCUT2D eigenvalue weighted by Gasteiger charge is -2.24. The summed E-state index contributed by atoms with van der Waals surface area (Å²) in [6.45, 7) is 3.35. The first kappa shape index (κ1) is 21.4. The number of aromatic nitrogens is 1. The van der Waals surface area contributed by atoms with Crippen LogP contribution in [0.15, 0.2) is 47.8 Å². The summed E-state index contributed by atoms with van der Waals surface area (Å²) in [6, 6.07) is 12.7. The van der Waals surface area contributed by atoms with E-state index in [4.69, 9.17) is 39.8 Å². The van der Waals surface area contributed by atoms with E-state index in [1.807, 2.05) is 5.38 Å². The molecule has 0 saturated heterocycles. The molecule has 3 aromatic rings. The first-order valence-corrected chi connectivity index (χ1v) is 11.7. The summed E-state index contributed by atoms with van der Waals surface area (Å²) >= 11 is 20.3. The molecule has 30 heavy (non-hydrogen) atoms. The van der Waals surface area contributed by atoms with Gasteiger partial charge in [-0.15, -0.1) is 11.3 Å². The Balaban J connectivity index is 1.67. The molecule has 1 fully saturated rings. The number of hydrogen-bond acceptors (Lipinski definition) is 4. The molecule has 0 bridgehead atoms. The summed E-state index contributed by atoms with van der Waals surface area (Å²) in [4.78, 5) is 22.1. The quantitative estimate of drug-likeness (QED) is 0.367. The fraction of sp³-hybridized carbons (Fsp3) is 0.273. The van der Waals surface area contributed by atoms with Gasteiger partial charge in [-0.1, -0.05) is 40.9 Å². The van der Waals surface area contributed by atoms with E-state index in [1.165, 1.54) is 12.8 Å². The Morgan fingerprint density at radius 3 is 2.53 bits per heavy atom. The van der Waals surface area contributed by atoms with Gasteiger partial charge in [0.25, 0.3) is 5.91 Å². The second-order valence-corrected chi connectivity index (χ2v) is 9.17. The second kappa shape index (κ2) is 9.15. The third-order valence-corrected chi connectivity index (χ3v) is 6.98. The zero-order valence-corrected chi connectivity index (χ0v) is 19.4. The Bertz CT molecular complexity index is 1050. The van der Waals surface area contributed by atoms with Crippen LogP contribution in [0.25, 0.3) is 0 Å². The Hall–Kier alpha value is -1.79. The minimum Gasteiger partial charge on any atom is -0.345 e. The lowest BCUT2D eigenvalue weighted by Crippen LogP contribution is -2.31. The number of amides is 1. The maximum atomic E-state index is 13.4. The molecule has 1 aliphatic rings. The van der Waals surface area contributed by atoms with E-state index in [9.17, 15) is 4.79 Å². The molecule has 4 rings (SSSR count). The first-order chi connectivity index (χ1) is 14.5. The van der Waals surface area contributed by atoms with Gasteiger partial charge < -0.3 is 9.80 Å². The summed E-state index contributed by atoms with van der Waals surface area (Å²) < 4.78 is 0. The smallest absolute Gasteiger partial charge is 0.258 e. The van der Waals surface area contributed by atoms with E-state index >= 15 is 0 Å². The SMILES string of the molecule is CCN(c1nc(CN(C(=O)c2ccc(Cl)cc2)c2cccc(Cl)c2Cl)cs1)C1CC1. The molecule has 0 radical (unpaired) electrons. The van der Waals surface area contributed by atoms with Crippen LogP contribution in [0.2, 0.25) is 15.1 Å². The van der Waals surface area contributed by atoms with Crippen molar-refractivity contribution in [2.45, 2.75) is 32.4 Å². The fourth-order valence-electron chi connectivity index (χ4n) is 3.31. The lowest BCUT2D eigenvalue weighted by atomic mass is 10.1. The number of nitrogens with zero attached hydrogens (tertiary/aromatic N) is 3. The summed E-state index contributed by atoms with van der Waals surface area (Å²) in [5.41, 5.74) is 1.87. The number of benzene rings is 2. The highest BCUT2D eigenvalue weighted by atomic mass is 35.5. The zero-order chi connectivity index (χ0) is 21.3. The molecule has 1 aromatic heterocycles. The molecule has 1 saturated carbocycles. The standard InChI is InChI=1S/C22H20Cl3N3OS/c1-2-27(17-10-11-17)22-26-16(13-30-22)12-28(19-5-3-4-18(24)20(19)25)21(29)14-6-8-15(23)9-7-14/h3-9,13,17H,2,10-12H2,1H3. The molecule has 4 nitrogen and oxygen atoms in total. The van der Waals surface area contributed by atoms with Gasteiger partial charge in [-0.2, -0.15) is 0 Å². The van der Waals surface area contributed by atoms with Crippen molar-refractivity contribution in [2.75, 3.05) is 16.3 Å². The van der Waals surface area contributed by atoms with E-state index in [0.717, 1.165) is 17.4 Å². The average molecular weight is 481 g/mol. The summed E-state index contributed by atoms with van der Waals surface area (Å²) in [6.07, 6.45) is 2.42. The van der Waals surface area contributed by atoms with Crippen molar-refractivity contribution < 1.29 is 4.79 Å². The van der Waals surface area contributed by atoms with Crippen molar-refractivity contribution in [3.63, 3.8) is 0 Å². The maximum absolute atomic E-state index is 13.4. The van der Waals surface area contributed by atoms with Gasteiger partial charge in [0.2, 0.25) is 0 Å². The highest BCUT2D eigenvalue weighted by Gasteiger charge is 2.30. The Morgan fingerprint density at radius 2 is 1.87 bits per heavy atom. The number of thiazole rings is 1. The highest BCUT2D eigenvalue weighted by molar-refractivity contribution is 7.13. The predicted molar refractivity (Wildman–Crippen MR) is 127 cm³/mol. The Kier molecular flexibility index (Phi) is 6.54.